The van der Waals surface area contributed by atoms with E-state index in [1.54, 1.807) is 23.9 Å². The van der Waals surface area contributed by atoms with Crippen LogP contribution in [0.2, 0.25) is 0 Å². The molecule has 1 saturated heterocycles. The van der Waals surface area contributed by atoms with Crippen molar-refractivity contribution in [3.05, 3.63) is 34.1 Å². The van der Waals surface area contributed by atoms with Crippen molar-refractivity contribution in [1.82, 2.24) is 9.80 Å². The van der Waals surface area contributed by atoms with Gasteiger partial charge in [-0.3, -0.25) is 9.59 Å². The fraction of sp³-hybridized carbons (Fsp3) is 0.467. The molecule has 1 aliphatic rings. The largest absolute Gasteiger partial charge is 0.349 e. The van der Waals surface area contributed by atoms with Crippen LogP contribution in [0.15, 0.2) is 22.7 Å². The lowest BCUT2D eigenvalue weighted by Crippen LogP contribution is -2.42. The van der Waals surface area contributed by atoms with Crippen LogP contribution in [0, 0.1) is 11.7 Å². The first-order valence-electron chi connectivity index (χ1n) is 6.85. The minimum atomic E-state index is -0.387. The molecule has 0 atom stereocenters. The number of amides is 2. The Morgan fingerprint density at radius 2 is 1.90 bits per heavy atom. The van der Waals surface area contributed by atoms with E-state index in [0.717, 1.165) is 0 Å². The van der Waals surface area contributed by atoms with Crippen molar-refractivity contribution >= 4 is 27.7 Å². The van der Waals surface area contributed by atoms with E-state index in [1.165, 1.54) is 18.2 Å². The number of carbonyl (C=O) groups excluding carboxylic acids is 2. The van der Waals surface area contributed by atoms with Crippen molar-refractivity contribution in [2.75, 3.05) is 27.2 Å². The zero-order valence-corrected chi connectivity index (χ0v) is 13.7. The van der Waals surface area contributed by atoms with Gasteiger partial charge in [0.1, 0.15) is 5.82 Å². The average molecular weight is 357 g/mol. The molecule has 1 fully saturated rings. The monoisotopic (exact) mass is 356 g/mol. The van der Waals surface area contributed by atoms with Crippen molar-refractivity contribution in [2.45, 2.75) is 12.8 Å². The maximum atomic E-state index is 13.2. The van der Waals surface area contributed by atoms with Crippen LogP contribution in [-0.4, -0.2) is 48.8 Å². The number of halogens is 2. The molecule has 0 radical (unpaired) electrons. The molecular formula is C15H18BrFN2O2. The number of likely N-dealkylation sites (tertiary alicyclic amines) is 1. The van der Waals surface area contributed by atoms with Gasteiger partial charge in [0.25, 0.3) is 5.91 Å². The summed E-state index contributed by atoms with van der Waals surface area (Å²) < 4.78 is 13.5. The van der Waals surface area contributed by atoms with Crippen LogP contribution < -0.4 is 0 Å². The third kappa shape index (κ3) is 3.61. The van der Waals surface area contributed by atoms with Gasteiger partial charge in [0.2, 0.25) is 5.91 Å². The van der Waals surface area contributed by atoms with Gasteiger partial charge < -0.3 is 9.80 Å². The molecule has 4 nitrogen and oxygen atoms in total. The Bertz CT molecular complexity index is 555. The van der Waals surface area contributed by atoms with E-state index in [1.807, 2.05) is 0 Å². The zero-order chi connectivity index (χ0) is 15.6. The van der Waals surface area contributed by atoms with E-state index in [0.29, 0.717) is 31.5 Å². The molecule has 1 aromatic carbocycles. The summed E-state index contributed by atoms with van der Waals surface area (Å²) in [4.78, 5) is 27.6. The first kappa shape index (κ1) is 15.9. The van der Waals surface area contributed by atoms with E-state index in [2.05, 4.69) is 15.9 Å². The second-order valence-corrected chi connectivity index (χ2v) is 6.28. The predicted molar refractivity (Wildman–Crippen MR) is 81.4 cm³/mol. The molecule has 1 aliphatic heterocycles. The molecule has 1 aromatic rings. The maximum absolute atomic E-state index is 13.2. The summed E-state index contributed by atoms with van der Waals surface area (Å²) in [6.45, 7) is 1.11. The van der Waals surface area contributed by atoms with Gasteiger partial charge in [0.05, 0.1) is 4.47 Å². The van der Waals surface area contributed by atoms with Crippen LogP contribution in [0.4, 0.5) is 4.39 Å². The minimum absolute atomic E-state index is 0.0102. The number of hydrogen-bond acceptors (Lipinski definition) is 2. The normalized spacial score (nSPS) is 15.9. The first-order chi connectivity index (χ1) is 9.90. The Hall–Kier alpha value is -1.43. The fourth-order valence-electron chi connectivity index (χ4n) is 2.51. The van der Waals surface area contributed by atoms with E-state index in [-0.39, 0.29) is 28.0 Å². The number of carbonyl (C=O) groups is 2. The van der Waals surface area contributed by atoms with E-state index in [9.17, 15) is 14.0 Å². The lowest BCUT2D eigenvalue weighted by molar-refractivity contribution is -0.134. The third-order valence-corrected chi connectivity index (χ3v) is 4.35. The van der Waals surface area contributed by atoms with Crippen molar-refractivity contribution in [2.24, 2.45) is 5.92 Å². The van der Waals surface area contributed by atoms with Crippen LogP contribution >= 0.6 is 15.9 Å². The molecule has 0 bridgehead atoms. The molecule has 0 N–H and O–H groups in total. The summed E-state index contributed by atoms with van der Waals surface area (Å²) in [7, 11) is 3.49. The summed E-state index contributed by atoms with van der Waals surface area (Å²) >= 11 is 3.09. The van der Waals surface area contributed by atoms with Gasteiger partial charge in [-0.05, 0) is 47.0 Å². The second-order valence-electron chi connectivity index (χ2n) is 5.43. The summed E-state index contributed by atoms with van der Waals surface area (Å²) in [6, 6.07) is 4.26. The third-order valence-electron chi connectivity index (χ3n) is 3.74. The topological polar surface area (TPSA) is 40.6 Å². The lowest BCUT2D eigenvalue weighted by Gasteiger charge is -2.32. The van der Waals surface area contributed by atoms with Gasteiger partial charge in [0, 0.05) is 38.7 Å². The van der Waals surface area contributed by atoms with E-state index >= 15 is 0 Å². The molecule has 0 unspecified atom stereocenters. The van der Waals surface area contributed by atoms with Crippen molar-refractivity contribution in [3.8, 4) is 0 Å². The Kier molecular flexibility index (Phi) is 4.98. The van der Waals surface area contributed by atoms with E-state index in [4.69, 9.17) is 0 Å². The smallest absolute Gasteiger partial charge is 0.253 e. The van der Waals surface area contributed by atoms with Gasteiger partial charge in [-0.1, -0.05) is 0 Å². The lowest BCUT2D eigenvalue weighted by atomic mass is 9.95. The maximum Gasteiger partial charge on any atom is 0.253 e. The number of nitrogens with zero attached hydrogens (tertiary/aromatic N) is 2. The van der Waals surface area contributed by atoms with Crippen LogP contribution in [0.1, 0.15) is 23.2 Å². The standard InChI is InChI=1S/C15H18BrFN2O2/c1-18(2)14(20)10-5-7-19(8-6-10)15(21)11-3-4-13(17)12(16)9-11/h3-4,9-10H,5-8H2,1-2H3. The Balaban J connectivity index is 2.00. The molecule has 6 heteroatoms. The second kappa shape index (κ2) is 6.56. The molecule has 114 valence electrons. The summed E-state index contributed by atoms with van der Waals surface area (Å²) in [6.07, 6.45) is 1.34. The zero-order valence-electron chi connectivity index (χ0n) is 12.1. The molecule has 2 rings (SSSR count). The molecule has 1 heterocycles. The van der Waals surface area contributed by atoms with Gasteiger partial charge in [-0.15, -0.1) is 0 Å². The molecule has 0 saturated carbocycles. The Labute approximate surface area is 132 Å². The first-order valence-corrected chi connectivity index (χ1v) is 7.65. The van der Waals surface area contributed by atoms with Crippen molar-refractivity contribution in [1.29, 1.82) is 0 Å². The van der Waals surface area contributed by atoms with E-state index < -0.39 is 0 Å². The quantitative estimate of drug-likeness (QED) is 0.816. The number of piperidine rings is 1. The molecule has 0 spiro atoms. The summed E-state index contributed by atoms with van der Waals surface area (Å²) in [5.41, 5.74) is 0.459. The molecule has 0 aromatic heterocycles. The van der Waals surface area contributed by atoms with Crippen LogP contribution in [0.5, 0.6) is 0 Å². The van der Waals surface area contributed by atoms with Gasteiger partial charge in [-0.2, -0.15) is 0 Å². The Morgan fingerprint density at radius 3 is 2.43 bits per heavy atom. The van der Waals surface area contributed by atoms with Crippen LogP contribution in [0.3, 0.4) is 0 Å². The highest BCUT2D eigenvalue weighted by atomic mass is 79.9. The summed E-state index contributed by atoms with van der Waals surface area (Å²) in [5.74, 6) is -0.399. The molecule has 21 heavy (non-hydrogen) atoms. The summed E-state index contributed by atoms with van der Waals surface area (Å²) in [5, 5.41) is 0. The molecular weight excluding hydrogens is 339 g/mol. The molecule has 0 aliphatic carbocycles. The number of rotatable bonds is 2. The highest BCUT2D eigenvalue weighted by Gasteiger charge is 2.28. The van der Waals surface area contributed by atoms with Gasteiger partial charge in [-0.25, -0.2) is 4.39 Å². The van der Waals surface area contributed by atoms with Crippen molar-refractivity contribution in [3.63, 3.8) is 0 Å². The molecule has 2 amide bonds. The highest BCUT2D eigenvalue weighted by molar-refractivity contribution is 9.10. The predicted octanol–water partition coefficient (Wildman–Crippen LogP) is 2.53. The minimum Gasteiger partial charge on any atom is -0.349 e. The number of benzene rings is 1. The van der Waals surface area contributed by atoms with Gasteiger partial charge >= 0.3 is 0 Å². The average Bonchev–Trinajstić information content (AvgIpc) is 2.48. The van der Waals surface area contributed by atoms with Crippen molar-refractivity contribution < 1.29 is 14.0 Å². The Morgan fingerprint density at radius 1 is 1.29 bits per heavy atom. The van der Waals surface area contributed by atoms with Crippen LogP contribution in [-0.2, 0) is 4.79 Å². The number of hydrogen-bond donors (Lipinski definition) is 0. The highest BCUT2D eigenvalue weighted by Crippen LogP contribution is 2.22. The SMILES string of the molecule is CN(C)C(=O)C1CCN(C(=O)c2ccc(F)c(Br)c2)CC1. The van der Waals surface area contributed by atoms with Gasteiger partial charge in [0.15, 0.2) is 0 Å². The fourth-order valence-corrected chi connectivity index (χ4v) is 2.89. The van der Waals surface area contributed by atoms with Crippen LogP contribution in [0.25, 0.3) is 0 Å².